The summed E-state index contributed by atoms with van der Waals surface area (Å²) in [6.07, 6.45) is 7.34. The van der Waals surface area contributed by atoms with Crippen LogP contribution < -0.4 is 4.74 Å². The molecule has 3 aromatic heterocycles. The van der Waals surface area contributed by atoms with Crippen LogP contribution in [0.25, 0.3) is 28.0 Å². The van der Waals surface area contributed by atoms with E-state index in [9.17, 15) is 0 Å². The molecular weight excluding hydrogens is 378 g/mol. The smallest absolute Gasteiger partial charge is 0.137 e. The van der Waals surface area contributed by atoms with E-state index < -0.39 is 0 Å². The number of rotatable bonds is 6. The first-order valence-corrected chi connectivity index (χ1v) is 10.1. The summed E-state index contributed by atoms with van der Waals surface area (Å²) in [6, 6.07) is 14.4. The Morgan fingerprint density at radius 2 is 1.77 bits per heavy atom. The van der Waals surface area contributed by atoms with E-state index in [1.807, 2.05) is 30.6 Å². The number of imidazole rings is 1. The molecule has 0 saturated carbocycles. The largest absolute Gasteiger partial charge is 0.492 e. The van der Waals surface area contributed by atoms with Crippen LogP contribution in [0.5, 0.6) is 5.75 Å². The molecule has 152 valence electrons. The Bertz CT molecular complexity index is 1110. The van der Waals surface area contributed by atoms with Crippen molar-refractivity contribution in [2.45, 2.75) is 0 Å². The van der Waals surface area contributed by atoms with E-state index in [0.717, 1.165) is 66.6 Å². The highest BCUT2D eigenvalue weighted by Gasteiger charge is 2.10. The molecule has 5 rings (SSSR count). The minimum absolute atomic E-state index is 0.687. The van der Waals surface area contributed by atoms with Crippen LogP contribution in [0.1, 0.15) is 0 Å². The average molecular weight is 401 g/mol. The monoisotopic (exact) mass is 401 g/mol. The van der Waals surface area contributed by atoms with E-state index in [2.05, 4.69) is 48.7 Å². The van der Waals surface area contributed by atoms with Crippen LogP contribution >= 0.6 is 0 Å². The summed E-state index contributed by atoms with van der Waals surface area (Å²) in [6.45, 7) is 5.21. The number of fused-ring (bicyclic) bond motifs is 1. The Labute approximate surface area is 174 Å². The predicted molar refractivity (Wildman–Crippen MR) is 114 cm³/mol. The standard InChI is InChI=1S/C23H23N5O2/c1-3-21(30-14-11-27-9-12-29-13-10-27)4-2-18(1)19-6-8-28-22(17-24-23(28)15-19)20-5-7-25-26-16-20/h1-8,15-17H,9-14H2. The van der Waals surface area contributed by atoms with Gasteiger partial charge in [0.15, 0.2) is 0 Å². The predicted octanol–water partition coefficient (Wildman–Crippen LogP) is 3.17. The molecule has 4 aromatic rings. The molecule has 30 heavy (non-hydrogen) atoms. The van der Waals surface area contributed by atoms with E-state index in [-0.39, 0.29) is 0 Å². The molecule has 0 radical (unpaired) electrons. The van der Waals surface area contributed by atoms with E-state index in [4.69, 9.17) is 9.47 Å². The van der Waals surface area contributed by atoms with Crippen molar-refractivity contribution in [1.82, 2.24) is 24.5 Å². The lowest BCUT2D eigenvalue weighted by Crippen LogP contribution is -2.38. The summed E-state index contributed by atoms with van der Waals surface area (Å²) in [5.74, 6) is 0.890. The first-order valence-electron chi connectivity index (χ1n) is 10.1. The summed E-state index contributed by atoms with van der Waals surface area (Å²) in [7, 11) is 0. The zero-order chi connectivity index (χ0) is 20.2. The van der Waals surface area contributed by atoms with Gasteiger partial charge < -0.3 is 9.47 Å². The molecule has 1 aliphatic rings. The first-order chi connectivity index (χ1) is 14.9. The van der Waals surface area contributed by atoms with Gasteiger partial charge in [0.25, 0.3) is 0 Å². The fraction of sp³-hybridized carbons (Fsp3) is 0.261. The van der Waals surface area contributed by atoms with Crippen molar-refractivity contribution < 1.29 is 9.47 Å². The van der Waals surface area contributed by atoms with Crippen LogP contribution in [0.2, 0.25) is 0 Å². The molecule has 0 aliphatic carbocycles. The van der Waals surface area contributed by atoms with Crippen LogP contribution in [0.3, 0.4) is 0 Å². The summed E-state index contributed by atoms with van der Waals surface area (Å²) in [4.78, 5) is 6.93. The molecule has 1 aromatic carbocycles. The summed E-state index contributed by atoms with van der Waals surface area (Å²) in [5.41, 5.74) is 5.13. The average Bonchev–Trinajstić information content (AvgIpc) is 3.24. The fourth-order valence-corrected chi connectivity index (χ4v) is 3.68. The first kappa shape index (κ1) is 18.7. The third-order valence-corrected chi connectivity index (χ3v) is 5.36. The summed E-state index contributed by atoms with van der Waals surface area (Å²) >= 11 is 0. The molecule has 0 unspecified atom stereocenters. The van der Waals surface area contributed by atoms with Gasteiger partial charge in [-0.3, -0.25) is 9.30 Å². The molecule has 7 heteroatoms. The van der Waals surface area contributed by atoms with Crippen LogP contribution in [0.15, 0.2) is 67.3 Å². The van der Waals surface area contributed by atoms with E-state index in [0.29, 0.717) is 6.61 Å². The second-order valence-corrected chi connectivity index (χ2v) is 7.25. The third kappa shape index (κ3) is 4.03. The second kappa shape index (κ2) is 8.61. The highest BCUT2D eigenvalue weighted by Crippen LogP contribution is 2.26. The van der Waals surface area contributed by atoms with Gasteiger partial charge in [-0.2, -0.15) is 10.2 Å². The fourth-order valence-electron chi connectivity index (χ4n) is 3.68. The Kier molecular flexibility index (Phi) is 5.37. The molecule has 1 aliphatic heterocycles. The maximum absolute atomic E-state index is 5.91. The van der Waals surface area contributed by atoms with Gasteiger partial charge in [0.2, 0.25) is 0 Å². The molecule has 0 amide bonds. The molecule has 1 fully saturated rings. The van der Waals surface area contributed by atoms with Gasteiger partial charge in [-0.25, -0.2) is 4.98 Å². The van der Waals surface area contributed by atoms with Crippen molar-refractivity contribution in [3.05, 3.63) is 67.3 Å². The molecule has 0 N–H and O–H groups in total. The summed E-state index contributed by atoms with van der Waals surface area (Å²) < 4.78 is 13.3. The zero-order valence-corrected chi connectivity index (χ0v) is 16.6. The molecule has 7 nitrogen and oxygen atoms in total. The number of morpholine rings is 1. The Hall–Kier alpha value is -3.29. The molecule has 4 heterocycles. The van der Waals surface area contributed by atoms with Crippen LogP contribution in [-0.4, -0.2) is 63.9 Å². The molecular formula is C23H23N5O2. The summed E-state index contributed by atoms with van der Waals surface area (Å²) in [5, 5.41) is 7.80. The van der Waals surface area contributed by atoms with Crippen molar-refractivity contribution in [2.24, 2.45) is 0 Å². The quantitative estimate of drug-likeness (QED) is 0.495. The van der Waals surface area contributed by atoms with E-state index >= 15 is 0 Å². The minimum Gasteiger partial charge on any atom is -0.492 e. The normalized spacial score (nSPS) is 14.8. The van der Waals surface area contributed by atoms with Crippen molar-refractivity contribution in [1.29, 1.82) is 0 Å². The van der Waals surface area contributed by atoms with Crippen molar-refractivity contribution in [3.63, 3.8) is 0 Å². The number of hydrogen-bond acceptors (Lipinski definition) is 6. The van der Waals surface area contributed by atoms with Gasteiger partial charge >= 0.3 is 0 Å². The molecule has 0 atom stereocenters. The number of benzene rings is 1. The SMILES string of the molecule is c1cc(-c2cnc3cc(-c4ccc(OCCN5CCOCC5)cc4)ccn23)cnn1. The van der Waals surface area contributed by atoms with Gasteiger partial charge in [-0.15, -0.1) is 0 Å². The van der Waals surface area contributed by atoms with E-state index in [1.165, 1.54) is 0 Å². The Morgan fingerprint density at radius 3 is 2.57 bits per heavy atom. The highest BCUT2D eigenvalue weighted by atomic mass is 16.5. The van der Waals surface area contributed by atoms with Crippen molar-refractivity contribution >= 4 is 5.65 Å². The Morgan fingerprint density at radius 1 is 0.900 bits per heavy atom. The van der Waals surface area contributed by atoms with Crippen LogP contribution in [0.4, 0.5) is 0 Å². The Balaban J connectivity index is 1.27. The lowest BCUT2D eigenvalue weighted by atomic mass is 10.1. The third-order valence-electron chi connectivity index (χ3n) is 5.36. The lowest BCUT2D eigenvalue weighted by molar-refractivity contribution is 0.0322. The maximum atomic E-state index is 5.91. The molecule has 0 bridgehead atoms. The van der Waals surface area contributed by atoms with Gasteiger partial charge in [-0.05, 0) is 41.5 Å². The number of hydrogen-bond donors (Lipinski definition) is 0. The number of ether oxygens (including phenoxy) is 2. The topological polar surface area (TPSA) is 64.8 Å². The number of nitrogens with zero attached hydrogens (tertiary/aromatic N) is 5. The highest BCUT2D eigenvalue weighted by molar-refractivity contribution is 5.70. The van der Waals surface area contributed by atoms with Gasteiger partial charge in [-0.1, -0.05) is 12.1 Å². The van der Waals surface area contributed by atoms with Crippen molar-refractivity contribution in [3.8, 4) is 28.1 Å². The zero-order valence-electron chi connectivity index (χ0n) is 16.6. The lowest BCUT2D eigenvalue weighted by Gasteiger charge is -2.26. The minimum atomic E-state index is 0.687. The second-order valence-electron chi connectivity index (χ2n) is 7.25. The van der Waals surface area contributed by atoms with Crippen LogP contribution in [0, 0.1) is 0 Å². The van der Waals surface area contributed by atoms with Gasteiger partial charge in [0, 0.05) is 31.4 Å². The van der Waals surface area contributed by atoms with Gasteiger partial charge in [0.1, 0.15) is 18.0 Å². The molecule has 0 spiro atoms. The number of aromatic nitrogens is 4. The molecule has 1 saturated heterocycles. The maximum Gasteiger partial charge on any atom is 0.137 e. The number of pyridine rings is 1. The van der Waals surface area contributed by atoms with E-state index in [1.54, 1.807) is 12.4 Å². The van der Waals surface area contributed by atoms with Gasteiger partial charge in [0.05, 0.1) is 37.5 Å². The van der Waals surface area contributed by atoms with Crippen LogP contribution in [-0.2, 0) is 4.74 Å². The van der Waals surface area contributed by atoms with Crippen molar-refractivity contribution in [2.75, 3.05) is 39.5 Å².